The van der Waals surface area contributed by atoms with Crippen molar-refractivity contribution >= 4 is 0 Å². The topological polar surface area (TPSA) is 41.3 Å². The molecule has 1 aliphatic heterocycles. The van der Waals surface area contributed by atoms with Gasteiger partial charge in [-0.3, -0.25) is 16.2 Å². The van der Waals surface area contributed by atoms with Crippen LogP contribution in [-0.4, -0.2) is 29.6 Å². The predicted octanol–water partition coefficient (Wildman–Crippen LogP) is 2.91. The molecule has 108 valence electrons. The zero-order chi connectivity index (χ0) is 13.6. The molecular weight excluding hydrogens is 222 g/mol. The van der Waals surface area contributed by atoms with Crippen LogP contribution < -0.4 is 11.3 Å². The van der Waals surface area contributed by atoms with Crippen LogP contribution >= 0.6 is 0 Å². The Morgan fingerprint density at radius 1 is 1.06 bits per heavy atom. The van der Waals surface area contributed by atoms with Crippen LogP contribution in [0.25, 0.3) is 0 Å². The highest BCUT2D eigenvalue weighted by atomic mass is 15.3. The first-order chi connectivity index (χ1) is 8.48. The van der Waals surface area contributed by atoms with Crippen LogP contribution in [0, 0.1) is 5.92 Å². The third-order valence-electron chi connectivity index (χ3n) is 4.51. The van der Waals surface area contributed by atoms with Gasteiger partial charge in [-0.05, 0) is 58.5 Å². The van der Waals surface area contributed by atoms with Crippen LogP contribution in [0.15, 0.2) is 0 Å². The fourth-order valence-corrected chi connectivity index (χ4v) is 3.01. The van der Waals surface area contributed by atoms with E-state index in [1.165, 1.54) is 45.2 Å². The van der Waals surface area contributed by atoms with E-state index in [-0.39, 0.29) is 5.54 Å². The molecule has 1 atom stereocenters. The van der Waals surface area contributed by atoms with Gasteiger partial charge in [0.15, 0.2) is 0 Å². The minimum absolute atomic E-state index is 0.161. The van der Waals surface area contributed by atoms with Crippen molar-refractivity contribution in [2.75, 3.05) is 13.1 Å². The molecule has 1 unspecified atom stereocenters. The Hall–Kier alpha value is -0.120. The van der Waals surface area contributed by atoms with Crippen molar-refractivity contribution in [2.24, 2.45) is 11.8 Å². The van der Waals surface area contributed by atoms with E-state index in [2.05, 4.69) is 38.0 Å². The number of hydrogen-bond donors (Lipinski definition) is 2. The maximum absolute atomic E-state index is 5.81. The number of rotatable bonds is 6. The number of nitrogens with zero attached hydrogens (tertiary/aromatic N) is 1. The van der Waals surface area contributed by atoms with Crippen LogP contribution in [0.4, 0.5) is 0 Å². The van der Waals surface area contributed by atoms with Crippen molar-refractivity contribution in [2.45, 2.75) is 77.8 Å². The summed E-state index contributed by atoms with van der Waals surface area (Å²) in [6.45, 7) is 11.7. The number of hydrazine groups is 1. The summed E-state index contributed by atoms with van der Waals surface area (Å²) < 4.78 is 0. The molecule has 18 heavy (non-hydrogen) atoms. The van der Waals surface area contributed by atoms with Gasteiger partial charge in [-0.15, -0.1) is 0 Å². The average molecular weight is 255 g/mol. The van der Waals surface area contributed by atoms with Gasteiger partial charge >= 0.3 is 0 Å². The number of nitrogens with two attached hydrogens (primary N) is 1. The molecule has 1 saturated heterocycles. The van der Waals surface area contributed by atoms with Crippen molar-refractivity contribution in [3.63, 3.8) is 0 Å². The molecule has 3 nitrogen and oxygen atoms in total. The maximum Gasteiger partial charge on any atom is 0.0389 e. The maximum atomic E-state index is 5.81. The predicted molar refractivity (Wildman–Crippen MR) is 79.3 cm³/mol. The summed E-state index contributed by atoms with van der Waals surface area (Å²) in [6.07, 6.45) is 7.86. The van der Waals surface area contributed by atoms with E-state index in [4.69, 9.17) is 5.84 Å². The minimum atomic E-state index is 0.161. The van der Waals surface area contributed by atoms with E-state index in [1.54, 1.807) is 0 Å². The van der Waals surface area contributed by atoms with Gasteiger partial charge in [0.25, 0.3) is 0 Å². The summed E-state index contributed by atoms with van der Waals surface area (Å²) in [6, 6.07) is 0.387. The highest BCUT2D eigenvalue weighted by Gasteiger charge is 2.34. The number of hydrogen-bond acceptors (Lipinski definition) is 3. The fraction of sp³-hybridized carbons (Fsp3) is 1.00. The Bertz CT molecular complexity index is 218. The van der Waals surface area contributed by atoms with Gasteiger partial charge in [-0.25, -0.2) is 0 Å². The summed E-state index contributed by atoms with van der Waals surface area (Å²) in [4.78, 5) is 2.64. The third kappa shape index (κ3) is 4.52. The quantitative estimate of drug-likeness (QED) is 0.566. The summed E-state index contributed by atoms with van der Waals surface area (Å²) in [5.74, 6) is 6.56. The van der Waals surface area contributed by atoms with Crippen molar-refractivity contribution in [1.29, 1.82) is 0 Å². The van der Waals surface area contributed by atoms with E-state index in [1.807, 2.05) is 0 Å². The van der Waals surface area contributed by atoms with Crippen molar-refractivity contribution in [3.05, 3.63) is 0 Å². The van der Waals surface area contributed by atoms with Crippen molar-refractivity contribution < 1.29 is 0 Å². The molecule has 0 bridgehead atoms. The molecule has 0 aromatic rings. The lowest BCUT2D eigenvalue weighted by Gasteiger charge is -2.44. The zero-order valence-electron chi connectivity index (χ0n) is 12.8. The molecule has 1 rings (SSSR count). The van der Waals surface area contributed by atoms with Crippen LogP contribution in [0.3, 0.4) is 0 Å². The lowest BCUT2D eigenvalue weighted by atomic mass is 9.87. The first kappa shape index (κ1) is 15.9. The standard InChI is InChI=1S/C15H33N3/c1-13(2)9-10-14(17-16)15(3,4)18-11-7-5-6-8-12-18/h13-14,17H,5-12,16H2,1-4H3. The first-order valence-electron chi connectivity index (χ1n) is 7.69. The molecule has 0 saturated carbocycles. The highest BCUT2D eigenvalue weighted by Crippen LogP contribution is 2.26. The molecule has 0 radical (unpaired) electrons. The van der Waals surface area contributed by atoms with E-state index in [0.29, 0.717) is 6.04 Å². The molecule has 0 aliphatic carbocycles. The average Bonchev–Trinajstić information content (AvgIpc) is 2.57. The van der Waals surface area contributed by atoms with Crippen molar-refractivity contribution in [3.8, 4) is 0 Å². The molecule has 0 aromatic carbocycles. The van der Waals surface area contributed by atoms with Crippen LogP contribution in [-0.2, 0) is 0 Å². The Morgan fingerprint density at radius 2 is 1.61 bits per heavy atom. The Morgan fingerprint density at radius 3 is 2.06 bits per heavy atom. The third-order valence-corrected chi connectivity index (χ3v) is 4.51. The van der Waals surface area contributed by atoms with Crippen LogP contribution in [0.5, 0.6) is 0 Å². The van der Waals surface area contributed by atoms with Gasteiger partial charge in [0.05, 0.1) is 0 Å². The van der Waals surface area contributed by atoms with Gasteiger partial charge in [0, 0.05) is 11.6 Å². The van der Waals surface area contributed by atoms with Crippen LogP contribution in [0.2, 0.25) is 0 Å². The highest BCUT2D eigenvalue weighted by molar-refractivity contribution is 4.93. The second-order valence-electron chi connectivity index (χ2n) is 6.75. The molecular formula is C15H33N3. The summed E-state index contributed by atoms with van der Waals surface area (Å²) in [7, 11) is 0. The minimum Gasteiger partial charge on any atom is -0.297 e. The molecule has 0 spiro atoms. The van der Waals surface area contributed by atoms with Gasteiger partial charge in [-0.2, -0.15) is 0 Å². The molecule has 1 fully saturated rings. The molecule has 3 heteroatoms. The van der Waals surface area contributed by atoms with Crippen molar-refractivity contribution in [1.82, 2.24) is 10.3 Å². The monoisotopic (exact) mass is 255 g/mol. The smallest absolute Gasteiger partial charge is 0.0389 e. The number of nitrogens with one attached hydrogen (secondary N) is 1. The molecule has 0 amide bonds. The number of likely N-dealkylation sites (tertiary alicyclic amines) is 1. The Balaban J connectivity index is 2.61. The van der Waals surface area contributed by atoms with E-state index < -0.39 is 0 Å². The van der Waals surface area contributed by atoms with Gasteiger partial charge < -0.3 is 0 Å². The van der Waals surface area contributed by atoms with E-state index in [0.717, 1.165) is 12.3 Å². The lowest BCUT2D eigenvalue weighted by molar-refractivity contribution is 0.0778. The normalized spacial score (nSPS) is 21.0. The SMILES string of the molecule is CC(C)CCC(NN)C(C)(C)N1CCCCCC1. The second kappa shape index (κ2) is 7.46. The lowest BCUT2D eigenvalue weighted by Crippen LogP contribution is -2.59. The van der Waals surface area contributed by atoms with Gasteiger partial charge in [-0.1, -0.05) is 26.7 Å². The summed E-state index contributed by atoms with van der Waals surface area (Å²) >= 11 is 0. The summed E-state index contributed by atoms with van der Waals surface area (Å²) in [5, 5.41) is 0. The zero-order valence-corrected chi connectivity index (χ0v) is 12.8. The van der Waals surface area contributed by atoms with E-state index in [9.17, 15) is 0 Å². The summed E-state index contributed by atoms with van der Waals surface area (Å²) in [5.41, 5.74) is 3.23. The second-order valence-corrected chi connectivity index (χ2v) is 6.75. The Kier molecular flexibility index (Phi) is 6.61. The molecule has 3 N–H and O–H groups in total. The van der Waals surface area contributed by atoms with Crippen LogP contribution in [0.1, 0.15) is 66.2 Å². The molecule has 0 aromatic heterocycles. The van der Waals surface area contributed by atoms with Gasteiger partial charge in [0.2, 0.25) is 0 Å². The van der Waals surface area contributed by atoms with Gasteiger partial charge in [0.1, 0.15) is 0 Å². The fourth-order valence-electron chi connectivity index (χ4n) is 3.01. The molecule has 1 aliphatic rings. The van der Waals surface area contributed by atoms with E-state index >= 15 is 0 Å². The largest absolute Gasteiger partial charge is 0.297 e. The molecule has 1 heterocycles. The Labute approximate surface area is 113 Å². The first-order valence-corrected chi connectivity index (χ1v) is 7.69.